The van der Waals surface area contributed by atoms with Crippen LogP contribution in [0, 0.1) is 11.6 Å². The number of hydrogen-bond acceptors (Lipinski definition) is 25. The Morgan fingerprint density at radius 2 is 0.897 bits per heavy atom. The Bertz CT molecular complexity index is 3410. The van der Waals surface area contributed by atoms with Gasteiger partial charge in [-0.3, -0.25) is 33.0 Å². The van der Waals surface area contributed by atoms with Gasteiger partial charge in [0.15, 0.2) is 80.6 Å². The minimum atomic E-state index is -4.21. The van der Waals surface area contributed by atoms with Crippen molar-refractivity contribution >= 4 is 77.8 Å². The number of methoxy groups -OCH3 is 7. The molecule has 0 saturated heterocycles. The number of anilines is 10. The Labute approximate surface area is 504 Å². The van der Waals surface area contributed by atoms with Crippen molar-refractivity contribution in [1.29, 1.82) is 0 Å². The molecule has 6 aromatic rings. The molecule has 0 saturated carbocycles. The number of carbonyl (C=O) groups excluding carboxylic acids is 2. The highest BCUT2D eigenvalue weighted by molar-refractivity contribution is 7.48. The van der Waals surface area contributed by atoms with E-state index < -0.39 is 54.5 Å². The number of nitrogens with one attached hydrogen (secondary N) is 4. The predicted molar refractivity (Wildman–Crippen MR) is 323 cm³/mol. The lowest BCUT2D eigenvalue weighted by atomic mass is 10.1. The molecule has 0 unspecified atom stereocenters. The second-order valence-electron chi connectivity index (χ2n) is 21.4. The second kappa shape index (κ2) is 27.8. The van der Waals surface area contributed by atoms with Crippen LogP contribution in [0.3, 0.4) is 0 Å². The van der Waals surface area contributed by atoms with Crippen LogP contribution >= 0.6 is 7.82 Å². The topological polar surface area (TPSA) is 294 Å². The number of phosphoric ester groups is 1. The van der Waals surface area contributed by atoms with E-state index in [2.05, 4.69) is 51.2 Å². The summed E-state index contributed by atoms with van der Waals surface area (Å²) >= 11 is 0. The number of phosphoric acid groups is 1. The molecule has 0 aliphatic carbocycles. The van der Waals surface area contributed by atoms with Crippen LogP contribution in [0.15, 0.2) is 60.9 Å². The number of fused-ring (bicyclic) bond motifs is 2. The van der Waals surface area contributed by atoms with Crippen LogP contribution in [-0.4, -0.2) is 127 Å². The van der Waals surface area contributed by atoms with Crippen LogP contribution in [0.4, 0.5) is 67.0 Å². The zero-order valence-electron chi connectivity index (χ0n) is 50.1. The number of amides is 2. The molecule has 87 heavy (non-hydrogen) atoms. The molecule has 0 spiro atoms. The van der Waals surface area contributed by atoms with Gasteiger partial charge in [-0.2, -0.15) is 9.97 Å². The van der Waals surface area contributed by atoms with Gasteiger partial charge in [-0.25, -0.2) is 33.3 Å². The predicted octanol–water partition coefficient (Wildman–Crippen LogP) is 11.6. The quantitative estimate of drug-likeness (QED) is 0.0487. The molecule has 30 heteroatoms. The lowest BCUT2D eigenvalue weighted by Crippen LogP contribution is -2.53. The summed E-state index contributed by atoms with van der Waals surface area (Å²) in [5.41, 5.74) is -3.21. The first-order chi connectivity index (χ1) is 40.0. The molecule has 2 aromatic carbocycles. The molecule has 8 rings (SSSR count). The highest BCUT2D eigenvalue weighted by Crippen LogP contribution is 2.56. The summed E-state index contributed by atoms with van der Waals surface area (Å²) in [4.78, 5) is 54.3. The lowest BCUT2D eigenvalue weighted by molar-refractivity contribution is -0.134. The Balaban J connectivity index is 0.000000320. The van der Waals surface area contributed by atoms with E-state index in [1.54, 1.807) is 112 Å². The first kappa shape index (κ1) is 69.1. The van der Waals surface area contributed by atoms with E-state index in [-0.39, 0.29) is 80.0 Å². The Morgan fingerprint density at radius 3 is 1.22 bits per heavy atom. The number of pyridine rings is 2. The third kappa shape index (κ3) is 16.7. The van der Waals surface area contributed by atoms with Gasteiger partial charge in [-0.1, -0.05) is 14.9 Å². The smallest absolute Gasteiger partial charge is 0.477 e. The monoisotopic (exact) mass is 1240 g/mol. The molecule has 2 aliphatic heterocycles. The van der Waals surface area contributed by atoms with Crippen molar-refractivity contribution in [2.24, 2.45) is 0 Å². The van der Waals surface area contributed by atoms with Crippen molar-refractivity contribution in [3.8, 4) is 46.0 Å². The van der Waals surface area contributed by atoms with Gasteiger partial charge in [0, 0.05) is 42.8 Å². The zero-order valence-corrected chi connectivity index (χ0v) is 51.0. The van der Waals surface area contributed by atoms with E-state index in [0.717, 1.165) is 17.3 Å². The van der Waals surface area contributed by atoms with Crippen molar-refractivity contribution < 1.29 is 79.1 Å². The first-order valence-corrected chi connectivity index (χ1v) is 27.3. The maximum atomic E-state index is 15.0. The molecule has 2 aliphatic rings. The van der Waals surface area contributed by atoms with Crippen LogP contribution in [0.5, 0.6) is 46.0 Å². The Morgan fingerprint density at radius 1 is 0.540 bits per heavy atom. The summed E-state index contributed by atoms with van der Waals surface area (Å²) in [5, 5.41) is 11.6. The largest absolute Gasteiger partial charge is 0.493 e. The number of benzene rings is 2. The summed E-state index contributed by atoms with van der Waals surface area (Å²) in [6, 6.07) is 12.9. The van der Waals surface area contributed by atoms with Crippen LogP contribution in [0.25, 0.3) is 0 Å². The first-order valence-electron chi connectivity index (χ1n) is 25.9. The maximum absolute atomic E-state index is 15.0. The molecule has 0 radical (unpaired) electrons. The average Bonchev–Trinajstić information content (AvgIpc) is 2.78. The highest BCUT2D eigenvalue weighted by Gasteiger charge is 2.45. The number of halogens is 2. The summed E-state index contributed by atoms with van der Waals surface area (Å²) in [6.45, 7) is 16.1. The third-order valence-corrected chi connectivity index (χ3v) is 13.6. The minimum Gasteiger partial charge on any atom is -0.493 e. The fraction of sp³-hybridized carbons (Fsp3) is 0.439. The van der Waals surface area contributed by atoms with E-state index >= 15 is 0 Å². The maximum Gasteiger partial charge on any atom is 0.477 e. The van der Waals surface area contributed by atoms with Crippen molar-refractivity contribution in [1.82, 2.24) is 29.9 Å². The van der Waals surface area contributed by atoms with Gasteiger partial charge in [0.2, 0.25) is 23.4 Å². The number of rotatable bonds is 21. The Hall–Kier alpha value is -8.63. The van der Waals surface area contributed by atoms with Crippen LogP contribution in [0.1, 0.15) is 84.1 Å². The zero-order chi connectivity index (χ0) is 62.4. The molecule has 474 valence electrons. The SMILES string of the molecule is C.C.COCN1C(=O)C(C)(C)Oc2ccc(Nc3nc(Nc4cc(OC)c(OC)c(OC)c4)ncc3F)nc21.COc1cc(Nc2ncc(F)c(Nc3ccc4c(n3)N(COP(=O)(OC(C)(C)C)OC(C)(C)C)C(=O)C(C)(C)O4)n2)cc(OC)c1OC. The van der Waals surface area contributed by atoms with Crippen molar-refractivity contribution in [3.05, 3.63) is 72.6 Å². The van der Waals surface area contributed by atoms with Crippen LogP contribution in [0.2, 0.25) is 0 Å². The molecule has 0 atom stereocenters. The number of carbonyl (C=O) groups is 2. The molecule has 27 nitrogen and oxygen atoms in total. The van der Waals surface area contributed by atoms with Gasteiger partial charge >= 0.3 is 7.82 Å². The molecular weight excluding hydrogens is 1160 g/mol. The van der Waals surface area contributed by atoms with Crippen molar-refractivity contribution in [2.75, 3.05) is 94.3 Å². The molecular formula is C57H77F2N12O15P. The highest BCUT2D eigenvalue weighted by atomic mass is 31.2. The van der Waals surface area contributed by atoms with Gasteiger partial charge in [0.25, 0.3) is 11.8 Å². The average molecular weight is 1240 g/mol. The Kier molecular flexibility index (Phi) is 22.1. The summed E-state index contributed by atoms with van der Waals surface area (Å²) in [6.07, 6.45) is 1.99. The minimum absolute atomic E-state index is 0. The van der Waals surface area contributed by atoms with Gasteiger partial charge in [0.1, 0.15) is 25.1 Å². The van der Waals surface area contributed by atoms with Gasteiger partial charge < -0.3 is 63.9 Å². The fourth-order valence-corrected chi connectivity index (χ4v) is 9.85. The summed E-state index contributed by atoms with van der Waals surface area (Å²) in [5.74, 6) is 1.05. The number of nitrogens with zero attached hydrogens (tertiary/aromatic N) is 8. The lowest BCUT2D eigenvalue weighted by Gasteiger charge is -2.38. The van der Waals surface area contributed by atoms with E-state index in [1.807, 2.05) is 0 Å². The van der Waals surface area contributed by atoms with E-state index in [1.165, 1.54) is 60.7 Å². The third-order valence-electron chi connectivity index (χ3n) is 11.6. The van der Waals surface area contributed by atoms with Crippen LogP contribution in [-0.2, 0) is 32.5 Å². The molecule has 6 heterocycles. The number of aromatic nitrogens is 6. The van der Waals surface area contributed by atoms with Gasteiger partial charge in [-0.15, -0.1) is 0 Å². The molecule has 0 bridgehead atoms. The van der Waals surface area contributed by atoms with Gasteiger partial charge in [0.05, 0.1) is 66.3 Å². The summed E-state index contributed by atoms with van der Waals surface area (Å²) < 4.78 is 110. The molecule has 4 N–H and O–H groups in total. The van der Waals surface area contributed by atoms with Crippen molar-refractivity contribution in [3.63, 3.8) is 0 Å². The van der Waals surface area contributed by atoms with E-state index in [4.69, 9.17) is 56.2 Å². The second-order valence-corrected chi connectivity index (χ2v) is 22.9. The van der Waals surface area contributed by atoms with Gasteiger partial charge in [-0.05, 0) is 93.5 Å². The molecule has 0 fully saturated rings. The number of hydrogen-bond donors (Lipinski definition) is 4. The fourth-order valence-electron chi connectivity index (χ4n) is 8.11. The molecule has 4 aromatic heterocycles. The standard InChI is InChI=1S/C31H42FN6O9P.C24H27FN6O6.2CH4/c1-29(2,3)46-48(40,47-30(4,5)6)44-17-38-26-20(45-31(7,8)27(38)39)12-13-23(36-26)35-25-19(32)16-33-28(37-25)34-18-14-21(41-9)24(43-11)22(15-18)42-10;1-24(2)22(32)31(12-33-3)21-15(37-24)7-8-18(29-21)28-20-14(25)11-26-23(30-20)27-13-9-16(34-4)19(36-6)17(10-13)35-5;;/h12-16H,17H2,1-11H3,(H2,33,34,35,36,37);7-11H,12H2,1-6H3,(H2,26,27,28,29,30);2*1H4. The van der Waals surface area contributed by atoms with Crippen molar-refractivity contribution in [2.45, 2.75) is 106 Å². The molecule has 2 amide bonds. The number of ether oxygens (including phenoxy) is 9. The summed E-state index contributed by atoms with van der Waals surface area (Å²) in [7, 11) is 6.20. The van der Waals surface area contributed by atoms with E-state index in [9.17, 15) is 22.9 Å². The normalized spacial score (nSPS) is 14.0. The van der Waals surface area contributed by atoms with Crippen LogP contribution < -0.4 is 69.0 Å². The van der Waals surface area contributed by atoms with E-state index in [0.29, 0.717) is 51.6 Å².